The average Bonchev–Trinajstić information content (AvgIpc) is 3.83. The van der Waals surface area contributed by atoms with E-state index < -0.39 is 20.2 Å². The number of sulfone groups is 1. The Hall–Kier alpha value is -3.22. The third-order valence-corrected chi connectivity index (χ3v) is 10.8. The Kier molecular flexibility index (Phi) is 6.31. The van der Waals surface area contributed by atoms with Crippen LogP contribution in [-0.4, -0.2) is 24.8 Å². The first kappa shape index (κ1) is 26.0. The lowest BCUT2D eigenvalue weighted by Gasteiger charge is -2.30. The van der Waals surface area contributed by atoms with Gasteiger partial charge in [-0.15, -0.1) is 0 Å². The van der Waals surface area contributed by atoms with Crippen LogP contribution in [0.5, 0.6) is 5.75 Å². The largest absolute Gasteiger partial charge is 0.489 e. The maximum atomic E-state index is 12.7. The maximum Gasteiger partial charge on any atom is 0.156 e. The number of fused-ring (bicyclic) bond motifs is 1. The molecule has 0 saturated heterocycles. The zero-order chi connectivity index (χ0) is 27.4. The molecule has 202 valence electrons. The molecular formula is C33H35NO4S. The highest BCUT2D eigenvalue weighted by atomic mass is 32.2. The van der Waals surface area contributed by atoms with Gasteiger partial charge in [0.25, 0.3) is 0 Å². The number of ether oxygens (including phenoxy) is 1. The molecule has 4 aromatic rings. The Morgan fingerprint density at radius 3 is 2.33 bits per heavy atom. The molecule has 1 N–H and O–H groups in total. The number of pyridine rings is 1. The molecule has 2 saturated carbocycles. The summed E-state index contributed by atoms with van der Waals surface area (Å²) >= 11 is 0. The van der Waals surface area contributed by atoms with Crippen LogP contribution in [-0.2, 0) is 26.8 Å². The average molecular weight is 542 g/mol. The van der Waals surface area contributed by atoms with Crippen molar-refractivity contribution < 1.29 is 18.3 Å². The zero-order valence-corrected chi connectivity index (χ0v) is 23.5. The molecule has 6 rings (SSSR count). The van der Waals surface area contributed by atoms with Crippen molar-refractivity contribution in [3.8, 4) is 16.9 Å². The van der Waals surface area contributed by atoms with Gasteiger partial charge in [0.15, 0.2) is 9.84 Å². The minimum absolute atomic E-state index is 0.322. The van der Waals surface area contributed by atoms with Crippen molar-refractivity contribution in [2.75, 3.05) is 6.26 Å². The van der Waals surface area contributed by atoms with Crippen LogP contribution in [0.4, 0.5) is 0 Å². The molecule has 0 atom stereocenters. The normalized spacial score (nSPS) is 16.4. The Bertz CT molecular complexity index is 1640. The number of para-hydroxylation sites is 1. The number of nitrogens with zero attached hydrogens (tertiary/aromatic N) is 1. The number of hydrogen-bond acceptors (Lipinski definition) is 5. The van der Waals surface area contributed by atoms with E-state index in [2.05, 4.69) is 11.1 Å². The fraction of sp³-hybridized carbons (Fsp3) is 0.364. The first-order chi connectivity index (χ1) is 18.6. The molecule has 0 bridgehead atoms. The quantitative estimate of drug-likeness (QED) is 0.253. The fourth-order valence-corrected chi connectivity index (χ4v) is 6.25. The number of hydrogen-bond donors (Lipinski definition) is 1. The molecule has 5 nitrogen and oxygen atoms in total. The van der Waals surface area contributed by atoms with E-state index in [1.165, 1.54) is 6.26 Å². The van der Waals surface area contributed by atoms with E-state index in [4.69, 9.17) is 4.74 Å². The molecule has 0 unspecified atom stereocenters. The molecule has 1 heterocycles. The van der Waals surface area contributed by atoms with Gasteiger partial charge >= 0.3 is 0 Å². The van der Waals surface area contributed by atoms with Gasteiger partial charge in [-0.2, -0.15) is 0 Å². The second kappa shape index (κ2) is 9.46. The molecule has 0 radical (unpaired) electrons. The summed E-state index contributed by atoms with van der Waals surface area (Å²) < 4.78 is 30.6. The Labute approximate surface area is 230 Å². The smallest absolute Gasteiger partial charge is 0.156 e. The lowest BCUT2D eigenvalue weighted by molar-refractivity contribution is -0.0128. The van der Waals surface area contributed by atoms with Crippen LogP contribution < -0.4 is 4.74 Å². The van der Waals surface area contributed by atoms with Crippen molar-refractivity contribution in [3.05, 3.63) is 95.7 Å². The molecule has 1 aromatic heterocycles. The van der Waals surface area contributed by atoms with Crippen molar-refractivity contribution >= 4 is 20.7 Å². The minimum atomic E-state index is -3.35. The molecule has 0 amide bonds. The number of aliphatic hydroxyl groups is 1. The van der Waals surface area contributed by atoms with Crippen LogP contribution in [0.25, 0.3) is 22.0 Å². The Balaban J connectivity index is 1.34. The number of benzene rings is 3. The summed E-state index contributed by atoms with van der Waals surface area (Å²) in [6, 6.07) is 23.8. The predicted octanol–water partition coefficient (Wildman–Crippen LogP) is 6.77. The summed E-state index contributed by atoms with van der Waals surface area (Å²) in [5, 5.41) is 12.7. The molecule has 0 aliphatic heterocycles. The van der Waals surface area contributed by atoms with Gasteiger partial charge in [0, 0.05) is 29.0 Å². The van der Waals surface area contributed by atoms with Crippen molar-refractivity contribution in [1.82, 2.24) is 4.98 Å². The Morgan fingerprint density at radius 1 is 0.923 bits per heavy atom. The van der Waals surface area contributed by atoms with Crippen molar-refractivity contribution in [1.29, 1.82) is 0 Å². The topological polar surface area (TPSA) is 76.5 Å². The summed E-state index contributed by atoms with van der Waals surface area (Å²) in [4.78, 5) is 4.64. The highest BCUT2D eigenvalue weighted by Gasteiger charge is 2.55. The van der Waals surface area contributed by atoms with Crippen LogP contribution in [0, 0.1) is 11.8 Å². The SMILES string of the molecule is CC(C)(c1cc(-c2cccc(COc3ccccc3C(O)(C3CC3)C3CC3)c2)c2ncccc2c1)S(C)(=O)=O. The summed E-state index contributed by atoms with van der Waals surface area (Å²) in [5.41, 5.74) is 4.50. The lowest BCUT2D eigenvalue weighted by Crippen LogP contribution is -2.31. The van der Waals surface area contributed by atoms with E-state index in [0.717, 1.165) is 70.2 Å². The fourth-order valence-electron chi connectivity index (χ4n) is 5.71. The molecular weight excluding hydrogens is 506 g/mol. The maximum absolute atomic E-state index is 12.7. The van der Waals surface area contributed by atoms with E-state index in [1.807, 2.05) is 66.7 Å². The van der Waals surface area contributed by atoms with Crippen LogP contribution >= 0.6 is 0 Å². The van der Waals surface area contributed by atoms with Gasteiger partial charge < -0.3 is 9.84 Å². The van der Waals surface area contributed by atoms with Gasteiger partial charge in [0.05, 0.1) is 15.9 Å². The third-order valence-electron chi connectivity index (χ3n) is 8.68. The second-order valence-corrected chi connectivity index (χ2v) is 14.3. The first-order valence-electron chi connectivity index (χ1n) is 13.7. The van der Waals surface area contributed by atoms with Crippen molar-refractivity contribution in [2.24, 2.45) is 11.8 Å². The van der Waals surface area contributed by atoms with Crippen LogP contribution in [0.3, 0.4) is 0 Å². The predicted molar refractivity (Wildman–Crippen MR) is 155 cm³/mol. The molecule has 2 aliphatic carbocycles. The van der Waals surface area contributed by atoms with Gasteiger partial charge in [-0.1, -0.05) is 42.5 Å². The molecule has 39 heavy (non-hydrogen) atoms. The highest BCUT2D eigenvalue weighted by Crippen LogP contribution is 2.59. The summed E-state index contributed by atoms with van der Waals surface area (Å²) in [6.07, 6.45) is 7.32. The van der Waals surface area contributed by atoms with E-state index >= 15 is 0 Å². The first-order valence-corrected chi connectivity index (χ1v) is 15.6. The summed E-state index contributed by atoms with van der Waals surface area (Å²) in [7, 11) is -3.35. The van der Waals surface area contributed by atoms with Gasteiger partial charge in [-0.3, -0.25) is 4.98 Å². The van der Waals surface area contributed by atoms with Crippen molar-refractivity contribution in [2.45, 2.75) is 56.5 Å². The summed E-state index contributed by atoms with van der Waals surface area (Å²) in [5.74, 6) is 1.39. The monoisotopic (exact) mass is 541 g/mol. The molecule has 6 heteroatoms. The summed E-state index contributed by atoms with van der Waals surface area (Å²) in [6.45, 7) is 3.85. The number of rotatable bonds is 9. The lowest BCUT2D eigenvalue weighted by atomic mass is 9.83. The van der Waals surface area contributed by atoms with Gasteiger partial charge in [0.1, 0.15) is 12.4 Å². The molecule has 2 fully saturated rings. The highest BCUT2D eigenvalue weighted by molar-refractivity contribution is 7.91. The van der Waals surface area contributed by atoms with E-state index in [9.17, 15) is 13.5 Å². The molecule has 0 spiro atoms. The van der Waals surface area contributed by atoms with Crippen LogP contribution in [0.15, 0.2) is 79.0 Å². The number of aromatic nitrogens is 1. The van der Waals surface area contributed by atoms with Crippen LogP contribution in [0.2, 0.25) is 0 Å². The minimum Gasteiger partial charge on any atom is -0.489 e. The van der Waals surface area contributed by atoms with E-state index in [-0.39, 0.29) is 0 Å². The van der Waals surface area contributed by atoms with Gasteiger partial charge in [-0.25, -0.2) is 8.42 Å². The standard InChI is InChI=1S/C33H35NO4S/c1-32(2,39(3,36)37)27-19-24-10-7-17-34-31(24)28(20-27)23-9-6-8-22(18-23)21-38-30-12-5-4-11-29(30)33(35,25-13-14-25)26-15-16-26/h4-12,17-20,25-26,35H,13-16,21H2,1-3H3. The second-order valence-electron chi connectivity index (χ2n) is 11.7. The van der Waals surface area contributed by atoms with Crippen LogP contribution in [0.1, 0.15) is 56.2 Å². The Morgan fingerprint density at radius 2 is 1.64 bits per heavy atom. The third kappa shape index (κ3) is 4.74. The van der Waals surface area contributed by atoms with Gasteiger partial charge in [-0.05, 0) is 98.4 Å². The zero-order valence-electron chi connectivity index (χ0n) is 22.7. The molecule has 2 aliphatic rings. The van der Waals surface area contributed by atoms with Crippen molar-refractivity contribution in [3.63, 3.8) is 0 Å². The van der Waals surface area contributed by atoms with E-state index in [1.54, 1.807) is 20.0 Å². The van der Waals surface area contributed by atoms with Gasteiger partial charge in [0.2, 0.25) is 0 Å². The molecule has 3 aromatic carbocycles. The van der Waals surface area contributed by atoms with E-state index in [0.29, 0.717) is 18.4 Å².